The maximum atomic E-state index is 12.4. The number of nitrogens with zero attached hydrogens (tertiary/aromatic N) is 3. The SMILES string of the molecule is CC(=O)N1CCCCCCN(CC2(O)CCN(C(=O)OC(C)(C)C)CC2)Cc2ccccc21. The molecule has 3 rings (SSSR count). The lowest BCUT2D eigenvalue weighted by molar-refractivity contribution is -0.116. The Morgan fingerprint density at radius 3 is 2.27 bits per heavy atom. The summed E-state index contributed by atoms with van der Waals surface area (Å²) < 4.78 is 5.49. The molecule has 7 heteroatoms. The van der Waals surface area contributed by atoms with E-state index in [0.717, 1.165) is 50.0 Å². The van der Waals surface area contributed by atoms with Gasteiger partial charge in [0.05, 0.1) is 5.60 Å². The molecule has 0 bridgehead atoms. The number of para-hydroxylation sites is 1. The predicted octanol–water partition coefficient (Wildman–Crippen LogP) is 4.18. The maximum absolute atomic E-state index is 12.4. The quantitative estimate of drug-likeness (QED) is 0.718. The molecule has 33 heavy (non-hydrogen) atoms. The monoisotopic (exact) mass is 459 g/mol. The van der Waals surface area contributed by atoms with E-state index in [0.29, 0.717) is 39.0 Å². The largest absolute Gasteiger partial charge is 0.444 e. The second kappa shape index (κ2) is 10.9. The Hall–Kier alpha value is -2.12. The number of carbonyl (C=O) groups is 2. The molecule has 0 aromatic heterocycles. The molecule has 1 saturated heterocycles. The summed E-state index contributed by atoms with van der Waals surface area (Å²) in [7, 11) is 0. The Balaban J connectivity index is 1.70. The molecule has 2 aliphatic heterocycles. The number of piperidine rings is 1. The zero-order valence-corrected chi connectivity index (χ0v) is 20.8. The number of benzene rings is 1. The number of hydrogen-bond acceptors (Lipinski definition) is 5. The van der Waals surface area contributed by atoms with Gasteiger partial charge in [0.1, 0.15) is 5.60 Å². The van der Waals surface area contributed by atoms with E-state index in [-0.39, 0.29) is 12.0 Å². The lowest BCUT2D eigenvalue weighted by Crippen LogP contribution is -2.52. The van der Waals surface area contributed by atoms with Crippen LogP contribution in [0.3, 0.4) is 0 Å². The van der Waals surface area contributed by atoms with Gasteiger partial charge in [0.25, 0.3) is 0 Å². The van der Waals surface area contributed by atoms with Crippen molar-refractivity contribution >= 4 is 17.7 Å². The number of anilines is 1. The number of ether oxygens (including phenoxy) is 1. The molecule has 0 radical (unpaired) electrons. The summed E-state index contributed by atoms with van der Waals surface area (Å²) in [6, 6.07) is 8.12. The van der Waals surface area contributed by atoms with Crippen LogP contribution in [-0.4, -0.2) is 70.8 Å². The number of rotatable bonds is 2. The summed E-state index contributed by atoms with van der Waals surface area (Å²) in [5.74, 6) is 0.0707. The van der Waals surface area contributed by atoms with E-state index in [2.05, 4.69) is 11.0 Å². The number of fused-ring (bicyclic) bond motifs is 1. The number of amides is 2. The Morgan fingerprint density at radius 1 is 1.00 bits per heavy atom. The molecule has 0 saturated carbocycles. The molecule has 1 aromatic carbocycles. The van der Waals surface area contributed by atoms with Gasteiger partial charge in [-0.25, -0.2) is 4.79 Å². The fraction of sp³-hybridized carbons (Fsp3) is 0.692. The molecule has 0 unspecified atom stereocenters. The van der Waals surface area contributed by atoms with Gasteiger partial charge in [0.15, 0.2) is 0 Å². The lowest BCUT2D eigenvalue weighted by Gasteiger charge is -2.41. The molecule has 184 valence electrons. The highest BCUT2D eigenvalue weighted by atomic mass is 16.6. The van der Waals surface area contributed by atoms with Crippen molar-refractivity contribution in [1.82, 2.24) is 9.80 Å². The second-order valence-electron chi connectivity index (χ2n) is 10.6. The average Bonchev–Trinajstić information content (AvgIpc) is 2.76. The minimum absolute atomic E-state index is 0.0707. The third-order valence-electron chi connectivity index (χ3n) is 6.53. The smallest absolute Gasteiger partial charge is 0.410 e. The summed E-state index contributed by atoms with van der Waals surface area (Å²) in [6.45, 7) is 11.1. The lowest BCUT2D eigenvalue weighted by atomic mass is 9.90. The fourth-order valence-electron chi connectivity index (χ4n) is 4.78. The Bertz CT molecular complexity index is 812. The van der Waals surface area contributed by atoms with Gasteiger partial charge in [0.2, 0.25) is 5.91 Å². The van der Waals surface area contributed by atoms with Gasteiger partial charge in [-0.15, -0.1) is 0 Å². The first-order valence-electron chi connectivity index (χ1n) is 12.3. The molecule has 1 aromatic rings. The van der Waals surface area contributed by atoms with Crippen molar-refractivity contribution in [2.45, 2.75) is 84.0 Å². The minimum Gasteiger partial charge on any atom is -0.444 e. The standard InChI is InChI=1S/C26H41N3O4/c1-21(30)29-16-10-6-5-9-15-27(19-22-11-7-8-12-23(22)29)20-26(32)13-17-28(18-14-26)24(31)33-25(2,3)4/h7-8,11-12,32H,5-6,9-10,13-20H2,1-4H3. The van der Waals surface area contributed by atoms with Crippen LogP contribution in [0.4, 0.5) is 10.5 Å². The van der Waals surface area contributed by atoms with Crippen molar-refractivity contribution in [3.8, 4) is 0 Å². The summed E-state index contributed by atoms with van der Waals surface area (Å²) in [6.07, 6.45) is 5.03. The van der Waals surface area contributed by atoms with Gasteiger partial charge >= 0.3 is 6.09 Å². The first kappa shape index (κ1) is 25.5. The highest BCUT2D eigenvalue weighted by Crippen LogP contribution is 2.28. The summed E-state index contributed by atoms with van der Waals surface area (Å²) in [4.78, 5) is 30.7. The zero-order valence-electron chi connectivity index (χ0n) is 20.8. The highest BCUT2D eigenvalue weighted by Gasteiger charge is 2.37. The van der Waals surface area contributed by atoms with Gasteiger partial charge in [-0.2, -0.15) is 0 Å². The van der Waals surface area contributed by atoms with Crippen LogP contribution in [-0.2, 0) is 16.1 Å². The van der Waals surface area contributed by atoms with Crippen LogP contribution >= 0.6 is 0 Å². The zero-order chi connectivity index (χ0) is 24.1. The maximum Gasteiger partial charge on any atom is 0.410 e. The van der Waals surface area contributed by atoms with Crippen LogP contribution in [0.5, 0.6) is 0 Å². The van der Waals surface area contributed by atoms with Crippen molar-refractivity contribution in [3.05, 3.63) is 29.8 Å². The Morgan fingerprint density at radius 2 is 1.64 bits per heavy atom. The molecule has 1 fully saturated rings. The van der Waals surface area contributed by atoms with Gasteiger partial charge in [-0.3, -0.25) is 9.69 Å². The van der Waals surface area contributed by atoms with E-state index in [1.54, 1.807) is 11.8 Å². The normalized spacial score (nSPS) is 20.5. The van der Waals surface area contributed by atoms with E-state index >= 15 is 0 Å². The van der Waals surface area contributed by atoms with Crippen LogP contribution in [0.1, 0.15) is 71.8 Å². The molecular formula is C26H41N3O4. The van der Waals surface area contributed by atoms with Crippen molar-refractivity contribution in [1.29, 1.82) is 0 Å². The Labute approximate surface area is 198 Å². The van der Waals surface area contributed by atoms with Crippen molar-refractivity contribution < 1.29 is 19.4 Å². The van der Waals surface area contributed by atoms with E-state index in [1.165, 1.54) is 0 Å². The molecule has 2 aliphatic rings. The summed E-state index contributed by atoms with van der Waals surface area (Å²) >= 11 is 0. The molecule has 2 amide bonds. The van der Waals surface area contributed by atoms with Crippen LogP contribution < -0.4 is 4.90 Å². The first-order valence-corrected chi connectivity index (χ1v) is 12.3. The molecule has 2 heterocycles. The van der Waals surface area contributed by atoms with Crippen molar-refractivity contribution in [3.63, 3.8) is 0 Å². The third kappa shape index (κ3) is 7.44. The second-order valence-corrected chi connectivity index (χ2v) is 10.6. The van der Waals surface area contributed by atoms with Gasteiger partial charge < -0.3 is 19.6 Å². The van der Waals surface area contributed by atoms with Crippen LogP contribution in [0, 0.1) is 0 Å². The predicted molar refractivity (Wildman–Crippen MR) is 130 cm³/mol. The highest BCUT2D eigenvalue weighted by molar-refractivity contribution is 5.92. The van der Waals surface area contributed by atoms with Crippen molar-refractivity contribution in [2.24, 2.45) is 0 Å². The van der Waals surface area contributed by atoms with E-state index in [1.807, 2.05) is 43.9 Å². The molecule has 0 atom stereocenters. The van der Waals surface area contributed by atoms with Crippen LogP contribution in [0.2, 0.25) is 0 Å². The summed E-state index contributed by atoms with van der Waals surface area (Å²) in [5.41, 5.74) is 0.730. The first-order chi connectivity index (χ1) is 15.6. The molecule has 0 spiro atoms. The number of β-amino-alcohol motifs (C(OH)–C–C–N with tert-alkyl or cyclic N) is 1. The topological polar surface area (TPSA) is 73.3 Å². The van der Waals surface area contributed by atoms with E-state index in [4.69, 9.17) is 4.74 Å². The molecule has 1 N–H and O–H groups in total. The van der Waals surface area contributed by atoms with Crippen LogP contribution in [0.25, 0.3) is 0 Å². The average molecular weight is 460 g/mol. The Kier molecular flexibility index (Phi) is 8.40. The number of likely N-dealkylation sites (tertiary alicyclic amines) is 1. The third-order valence-corrected chi connectivity index (χ3v) is 6.53. The van der Waals surface area contributed by atoms with Crippen LogP contribution in [0.15, 0.2) is 24.3 Å². The number of carbonyl (C=O) groups excluding carboxylic acids is 2. The molecule has 0 aliphatic carbocycles. The van der Waals surface area contributed by atoms with E-state index in [9.17, 15) is 14.7 Å². The van der Waals surface area contributed by atoms with E-state index < -0.39 is 11.2 Å². The fourth-order valence-corrected chi connectivity index (χ4v) is 4.78. The number of hydrogen-bond donors (Lipinski definition) is 1. The van der Waals surface area contributed by atoms with Gasteiger partial charge in [0, 0.05) is 45.3 Å². The van der Waals surface area contributed by atoms with Crippen molar-refractivity contribution in [2.75, 3.05) is 37.6 Å². The minimum atomic E-state index is -0.839. The van der Waals surface area contributed by atoms with Gasteiger partial charge in [-0.05, 0) is 64.6 Å². The summed E-state index contributed by atoms with van der Waals surface area (Å²) in [5, 5.41) is 11.4. The molecular weight excluding hydrogens is 418 g/mol. The number of aliphatic hydroxyl groups is 1. The molecule has 7 nitrogen and oxygen atoms in total. The van der Waals surface area contributed by atoms with Gasteiger partial charge in [-0.1, -0.05) is 31.0 Å².